The van der Waals surface area contributed by atoms with Gasteiger partial charge in [-0.05, 0) is 25.0 Å². The maximum absolute atomic E-state index is 11.4. The van der Waals surface area contributed by atoms with Crippen molar-refractivity contribution in [3.63, 3.8) is 0 Å². The molecule has 0 heterocycles. The van der Waals surface area contributed by atoms with Crippen molar-refractivity contribution in [2.24, 2.45) is 0 Å². The predicted molar refractivity (Wildman–Crippen MR) is 74.8 cm³/mol. The normalized spacial score (nSPS) is 11.4. The maximum atomic E-state index is 11.4. The number of carbonyl (C=O) groups is 2. The molecule has 1 atom stereocenters. The molecule has 0 saturated carbocycles. The molecule has 1 aromatic rings. The molecule has 1 rings (SSSR count). The van der Waals surface area contributed by atoms with Gasteiger partial charge in [0.05, 0.1) is 6.61 Å². The Morgan fingerprint density at radius 2 is 2.00 bits per heavy atom. The van der Waals surface area contributed by atoms with Gasteiger partial charge >= 0.3 is 12.0 Å². The van der Waals surface area contributed by atoms with Gasteiger partial charge in [-0.2, -0.15) is 0 Å². The third-order valence-corrected chi connectivity index (χ3v) is 2.63. The van der Waals surface area contributed by atoms with E-state index in [2.05, 4.69) is 10.6 Å². The summed E-state index contributed by atoms with van der Waals surface area (Å²) >= 11 is 0. The van der Waals surface area contributed by atoms with Crippen LogP contribution >= 0.6 is 0 Å². The largest absolute Gasteiger partial charge is 0.494 e. The molecular formula is C14H20N2O4. The van der Waals surface area contributed by atoms with Gasteiger partial charge in [-0.25, -0.2) is 9.59 Å². The Bertz CT molecular complexity index is 422. The van der Waals surface area contributed by atoms with Crippen molar-refractivity contribution in [1.82, 2.24) is 10.6 Å². The van der Waals surface area contributed by atoms with Crippen molar-refractivity contribution in [2.75, 3.05) is 13.2 Å². The van der Waals surface area contributed by atoms with Crippen molar-refractivity contribution >= 4 is 12.0 Å². The minimum atomic E-state index is -1.03. The number of aliphatic carboxylic acids is 1. The number of ether oxygens (including phenoxy) is 1. The van der Waals surface area contributed by atoms with Gasteiger partial charge in [0.1, 0.15) is 11.8 Å². The highest BCUT2D eigenvalue weighted by atomic mass is 16.5. The minimum absolute atomic E-state index is 0.347. The van der Waals surface area contributed by atoms with Crippen molar-refractivity contribution in [3.05, 3.63) is 30.3 Å². The summed E-state index contributed by atoms with van der Waals surface area (Å²) < 4.78 is 5.46. The zero-order valence-electron chi connectivity index (χ0n) is 11.5. The number of benzene rings is 1. The van der Waals surface area contributed by atoms with E-state index in [0.717, 1.165) is 5.75 Å². The number of hydrogen-bond acceptors (Lipinski definition) is 3. The first-order chi connectivity index (χ1) is 9.63. The van der Waals surface area contributed by atoms with Crippen molar-refractivity contribution in [1.29, 1.82) is 0 Å². The number of urea groups is 1. The summed E-state index contributed by atoms with van der Waals surface area (Å²) in [5.74, 6) is -0.246. The van der Waals surface area contributed by atoms with Crippen LogP contribution in [0.4, 0.5) is 4.79 Å². The molecule has 0 spiro atoms. The fourth-order valence-corrected chi connectivity index (χ4v) is 1.53. The molecule has 0 aromatic heterocycles. The monoisotopic (exact) mass is 280 g/mol. The van der Waals surface area contributed by atoms with Crippen LogP contribution < -0.4 is 15.4 Å². The summed E-state index contributed by atoms with van der Waals surface area (Å²) in [5, 5.41) is 13.8. The van der Waals surface area contributed by atoms with E-state index in [9.17, 15) is 9.59 Å². The highest BCUT2D eigenvalue weighted by Gasteiger charge is 2.16. The molecule has 0 saturated heterocycles. The Morgan fingerprint density at radius 1 is 1.30 bits per heavy atom. The van der Waals surface area contributed by atoms with Crippen molar-refractivity contribution in [3.8, 4) is 5.75 Å². The summed E-state index contributed by atoms with van der Waals surface area (Å²) in [6.07, 6.45) is 0.992. The Morgan fingerprint density at radius 3 is 2.60 bits per heavy atom. The quantitative estimate of drug-likeness (QED) is 0.631. The van der Waals surface area contributed by atoms with Crippen LogP contribution in [-0.4, -0.2) is 36.3 Å². The molecule has 0 unspecified atom stereocenters. The van der Waals surface area contributed by atoms with E-state index < -0.39 is 18.0 Å². The number of rotatable bonds is 8. The second kappa shape index (κ2) is 8.79. The van der Waals surface area contributed by atoms with Gasteiger partial charge in [-0.15, -0.1) is 0 Å². The lowest BCUT2D eigenvalue weighted by atomic mass is 10.2. The molecule has 2 amide bonds. The van der Waals surface area contributed by atoms with Gasteiger partial charge in [0.25, 0.3) is 0 Å². The topological polar surface area (TPSA) is 87.7 Å². The summed E-state index contributed by atoms with van der Waals surface area (Å²) in [4.78, 5) is 22.2. The Labute approximate surface area is 118 Å². The highest BCUT2D eigenvalue weighted by Crippen LogP contribution is 2.07. The lowest BCUT2D eigenvalue weighted by Gasteiger charge is -2.13. The SMILES string of the molecule is CC[C@@H](NC(=O)NCCCOc1ccccc1)C(=O)O. The van der Waals surface area contributed by atoms with Gasteiger partial charge < -0.3 is 20.5 Å². The van der Waals surface area contributed by atoms with Gasteiger partial charge in [-0.1, -0.05) is 25.1 Å². The first-order valence-corrected chi connectivity index (χ1v) is 6.58. The zero-order chi connectivity index (χ0) is 14.8. The van der Waals surface area contributed by atoms with Crippen LogP contribution in [0.1, 0.15) is 19.8 Å². The molecule has 20 heavy (non-hydrogen) atoms. The second-order valence-corrected chi connectivity index (χ2v) is 4.21. The number of carboxylic acids is 1. The first-order valence-electron chi connectivity index (χ1n) is 6.58. The van der Waals surface area contributed by atoms with E-state index in [0.29, 0.717) is 26.0 Å². The van der Waals surface area contributed by atoms with E-state index in [-0.39, 0.29) is 0 Å². The summed E-state index contributed by atoms with van der Waals surface area (Å²) in [6, 6.07) is 8.08. The first kappa shape index (κ1) is 15.8. The number of carboxylic acid groups (broad SMARTS) is 1. The molecule has 3 N–H and O–H groups in total. The maximum Gasteiger partial charge on any atom is 0.326 e. The summed E-state index contributed by atoms with van der Waals surface area (Å²) in [6.45, 7) is 2.61. The average molecular weight is 280 g/mol. The molecule has 0 aliphatic carbocycles. The summed E-state index contributed by atoms with van der Waals surface area (Å²) in [7, 11) is 0. The van der Waals surface area contributed by atoms with Crippen LogP contribution in [0.2, 0.25) is 0 Å². The summed E-state index contributed by atoms with van der Waals surface area (Å²) in [5.41, 5.74) is 0. The fraction of sp³-hybridized carbons (Fsp3) is 0.429. The molecule has 0 radical (unpaired) electrons. The van der Waals surface area contributed by atoms with E-state index in [1.807, 2.05) is 30.3 Å². The minimum Gasteiger partial charge on any atom is -0.494 e. The number of para-hydroxylation sites is 1. The molecule has 6 nitrogen and oxygen atoms in total. The van der Waals surface area contributed by atoms with Crippen molar-refractivity contribution in [2.45, 2.75) is 25.8 Å². The Hall–Kier alpha value is -2.24. The molecule has 6 heteroatoms. The molecule has 0 bridgehead atoms. The fourth-order valence-electron chi connectivity index (χ4n) is 1.53. The average Bonchev–Trinajstić information content (AvgIpc) is 2.45. The molecular weight excluding hydrogens is 260 g/mol. The second-order valence-electron chi connectivity index (χ2n) is 4.21. The zero-order valence-corrected chi connectivity index (χ0v) is 11.5. The Kier molecular flexibility index (Phi) is 6.95. The van der Waals surface area contributed by atoms with Gasteiger partial charge in [-0.3, -0.25) is 0 Å². The number of hydrogen-bond donors (Lipinski definition) is 3. The third kappa shape index (κ3) is 6.08. The smallest absolute Gasteiger partial charge is 0.326 e. The molecule has 0 aliphatic heterocycles. The van der Waals surface area contributed by atoms with Crippen LogP contribution in [0, 0.1) is 0 Å². The van der Waals surface area contributed by atoms with Crippen LogP contribution in [0.15, 0.2) is 30.3 Å². The number of carbonyl (C=O) groups excluding carboxylic acids is 1. The van der Waals surface area contributed by atoms with Gasteiger partial charge in [0.15, 0.2) is 0 Å². The van der Waals surface area contributed by atoms with Crippen LogP contribution in [0.5, 0.6) is 5.75 Å². The molecule has 0 aliphatic rings. The Balaban J connectivity index is 2.12. The van der Waals surface area contributed by atoms with E-state index in [4.69, 9.17) is 9.84 Å². The van der Waals surface area contributed by atoms with E-state index in [1.165, 1.54) is 0 Å². The highest BCUT2D eigenvalue weighted by molar-refractivity contribution is 5.82. The lowest BCUT2D eigenvalue weighted by molar-refractivity contribution is -0.139. The predicted octanol–water partition coefficient (Wildman–Crippen LogP) is 1.62. The van der Waals surface area contributed by atoms with Gasteiger partial charge in [0.2, 0.25) is 0 Å². The van der Waals surface area contributed by atoms with Crippen LogP contribution in [0.25, 0.3) is 0 Å². The van der Waals surface area contributed by atoms with Crippen LogP contribution in [0.3, 0.4) is 0 Å². The van der Waals surface area contributed by atoms with Crippen LogP contribution in [-0.2, 0) is 4.79 Å². The molecule has 1 aromatic carbocycles. The molecule has 110 valence electrons. The van der Waals surface area contributed by atoms with E-state index >= 15 is 0 Å². The van der Waals surface area contributed by atoms with Crippen molar-refractivity contribution < 1.29 is 19.4 Å². The number of nitrogens with one attached hydrogen (secondary N) is 2. The third-order valence-electron chi connectivity index (χ3n) is 2.63. The molecule has 0 fully saturated rings. The van der Waals surface area contributed by atoms with Gasteiger partial charge in [0, 0.05) is 6.54 Å². The standard InChI is InChI=1S/C14H20N2O4/c1-2-12(13(17)18)16-14(19)15-9-6-10-20-11-7-4-3-5-8-11/h3-5,7-8,12H,2,6,9-10H2,1H3,(H,17,18)(H2,15,16,19)/t12-/m1/s1. The van der Waals surface area contributed by atoms with E-state index in [1.54, 1.807) is 6.92 Å². The lowest BCUT2D eigenvalue weighted by Crippen LogP contribution is -2.46. The number of amides is 2.